The van der Waals surface area contributed by atoms with Gasteiger partial charge in [-0.15, -0.1) is 0 Å². The van der Waals surface area contributed by atoms with E-state index >= 15 is 0 Å². The summed E-state index contributed by atoms with van der Waals surface area (Å²) in [6.45, 7) is 13.3. The standard InChI is InChI=1S/C33H54BrN7O8/c1-16(2)9-23-30(45)39-15-19(7)10-22(39)28(43)37-26(17(3)4)33(48)49-27(18(5)6)32(47)41-24(11-20(34)13-35-41)31(46)40-25(29(44)38(23)8)12-21(42)14-36-40/h16-27,35-36,42H,9-15H2,1-8H3,(H,37,43). The highest BCUT2D eigenvalue weighted by Gasteiger charge is 2.49. The minimum absolute atomic E-state index is 0.00922. The number of hydrazine groups is 2. The Morgan fingerprint density at radius 3 is 2.04 bits per heavy atom. The number of esters is 1. The van der Waals surface area contributed by atoms with Crippen molar-refractivity contribution in [3.05, 3.63) is 0 Å². The van der Waals surface area contributed by atoms with Crippen LogP contribution in [0.3, 0.4) is 0 Å². The lowest BCUT2D eigenvalue weighted by atomic mass is 9.97. The van der Waals surface area contributed by atoms with Gasteiger partial charge in [0.1, 0.15) is 30.2 Å². The highest BCUT2D eigenvalue weighted by molar-refractivity contribution is 9.09. The lowest BCUT2D eigenvalue weighted by Gasteiger charge is -2.45. The average molecular weight is 757 g/mol. The summed E-state index contributed by atoms with van der Waals surface area (Å²) < 4.78 is 5.86. The fraction of sp³-hybridized carbons (Fsp3) is 0.818. The lowest BCUT2D eigenvalue weighted by molar-refractivity contribution is -0.175. The number of carbonyl (C=O) groups excluding carboxylic acids is 6. The third-order valence-corrected chi connectivity index (χ3v) is 10.5. The molecular formula is C33H54BrN7O8. The van der Waals surface area contributed by atoms with Crippen molar-refractivity contribution in [2.45, 2.75) is 121 Å². The number of cyclic esters (lactones) is 1. The predicted octanol–water partition coefficient (Wildman–Crippen LogP) is 0.154. The van der Waals surface area contributed by atoms with Crippen LogP contribution in [0.4, 0.5) is 0 Å². The largest absolute Gasteiger partial charge is 0.450 e. The number of amides is 5. The number of aliphatic hydroxyl groups excluding tert-OH is 1. The Bertz CT molecular complexity index is 1280. The smallest absolute Gasteiger partial charge is 0.329 e. The second kappa shape index (κ2) is 16.0. The highest BCUT2D eigenvalue weighted by atomic mass is 79.9. The van der Waals surface area contributed by atoms with Crippen molar-refractivity contribution in [1.29, 1.82) is 0 Å². The summed E-state index contributed by atoms with van der Waals surface area (Å²) in [5.74, 6) is -4.48. The van der Waals surface area contributed by atoms with Crippen LogP contribution in [0.1, 0.15) is 74.1 Å². The number of aliphatic hydroxyl groups is 1. The van der Waals surface area contributed by atoms with E-state index in [9.17, 15) is 33.9 Å². The molecule has 49 heavy (non-hydrogen) atoms. The molecule has 4 aliphatic heterocycles. The number of nitrogens with zero attached hydrogens (tertiary/aromatic N) is 4. The number of likely N-dealkylation sites (N-methyl/N-ethyl adjacent to an activating group) is 1. The molecule has 15 nitrogen and oxygen atoms in total. The first kappa shape index (κ1) is 39.0. The van der Waals surface area contributed by atoms with Crippen LogP contribution in [-0.4, -0.2) is 134 Å². The third kappa shape index (κ3) is 8.56. The molecule has 4 heterocycles. The van der Waals surface area contributed by atoms with Gasteiger partial charge in [0.15, 0.2) is 6.10 Å². The quantitative estimate of drug-likeness (QED) is 0.228. The Hall–Kier alpha value is -2.82. The van der Waals surface area contributed by atoms with Crippen LogP contribution >= 0.6 is 15.9 Å². The molecule has 0 aliphatic carbocycles. The van der Waals surface area contributed by atoms with E-state index in [-0.39, 0.29) is 49.0 Å². The van der Waals surface area contributed by atoms with E-state index in [0.29, 0.717) is 13.0 Å². The zero-order valence-corrected chi connectivity index (χ0v) is 31.4. The van der Waals surface area contributed by atoms with Crippen LogP contribution in [0.25, 0.3) is 0 Å². The molecule has 4 saturated heterocycles. The molecule has 0 spiro atoms. The van der Waals surface area contributed by atoms with Crippen molar-refractivity contribution < 1.29 is 38.6 Å². The van der Waals surface area contributed by atoms with Gasteiger partial charge in [-0.05, 0) is 42.9 Å². The number of hydrogen-bond donors (Lipinski definition) is 4. The summed E-state index contributed by atoms with van der Waals surface area (Å²) >= 11 is 3.55. The van der Waals surface area contributed by atoms with Crippen molar-refractivity contribution >= 4 is 51.4 Å². The van der Waals surface area contributed by atoms with E-state index < -0.39 is 89.8 Å². The van der Waals surface area contributed by atoms with Gasteiger partial charge in [-0.25, -0.2) is 15.6 Å². The van der Waals surface area contributed by atoms with Gasteiger partial charge in [-0.3, -0.25) is 34.0 Å². The maximum absolute atomic E-state index is 14.4. The Balaban J connectivity index is 1.84. The van der Waals surface area contributed by atoms with Crippen molar-refractivity contribution in [2.24, 2.45) is 23.7 Å². The van der Waals surface area contributed by atoms with Crippen LogP contribution in [0.5, 0.6) is 0 Å². The molecule has 4 fully saturated rings. The topological polar surface area (TPSA) is 181 Å². The molecular weight excluding hydrogens is 702 g/mol. The fourth-order valence-electron chi connectivity index (χ4n) is 7.09. The Kier molecular flexibility index (Phi) is 12.7. The molecule has 4 rings (SSSR count). The third-order valence-electron chi connectivity index (χ3n) is 9.82. The van der Waals surface area contributed by atoms with E-state index in [1.165, 1.54) is 26.9 Å². The summed E-state index contributed by atoms with van der Waals surface area (Å²) in [5, 5.41) is 15.8. The molecule has 276 valence electrons. The van der Waals surface area contributed by atoms with E-state index in [4.69, 9.17) is 4.74 Å². The minimum atomic E-state index is -1.31. The summed E-state index contributed by atoms with van der Waals surface area (Å²) in [4.78, 5) is 87.6. The minimum Gasteiger partial charge on any atom is -0.450 e. The average Bonchev–Trinajstić information content (AvgIpc) is 3.43. The van der Waals surface area contributed by atoms with Crippen molar-refractivity contribution in [1.82, 2.24) is 36.0 Å². The van der Waals surface area contributed by atoms with E-state index in [0.717, 1.165) is 0 Å². The second-order valence-corrected chi connectivity index (χ2v) is 16.5. The molecule has 9 unspecified atom stereocenters. The molecule has 5 amide bonds. The zero-order chi connectivity index (χ0) is 36.5. The number of halogens is 1. The number of nitrogens with one attached hydrogen (secondary N) is 3. The van der Waals surface area contributed by atoms with Gasteiger partial charge >= 0.3 is 5.97 Å². The summed E-state index contributed by atoms with van der Waals surface area (Å²) in [7, 11) is 1.51. The van der Waals surface area contributed by atoms with Crippen LogP contribution in [0.2, 0.25) is 0 Å². The molecule has 9 atom stereocenters. The molecule has 4 aliphatic rings. The Morgan fingerprint density at radius 1 is 0.816 bits per heavy atom. The van der Waals surface area contributed by atoms with Gasteiger partial charge in [0.25, 0.3) is 11.8 Å². The van der Waals surface area contributed by atoms with Gasteiger partial charge in [-0.1, -0.05) is 64.4 Å². The van der Waals surface area contributed by atoms with Gasteiger partial charge in [0, 0.05) is 37.9 Å². The van der Waals surface area contributed by atoms with Gasteiger partial charge < -0.3 is 25.0 Å². The lowest BCUT2D eigenvalue weighted by Crippen LogP contribution is -2.70. The first-order valence-electron chi connectivity index (χ1n) is 17.5. The first-order chi connectivity index (χ1) is 22.9. The van der Waals surface area contributed by atoms with E-state index in [1.54, 1.807) is 27.7 Å². The molecule has 0 saturated carbocycles. The van der Waals surface area contributed by atoms with Crippen molar-refractivity contribution in [2.75, 3.05) is 26.7 Å². The van der Waals surface area contributed by atoms with Crippen molar-refractivity contribution in [3.8, 4) is 0 Å². The normalized spacial score (nSPS) is 34.5. The maximum Gasteiger partial charge on any atom is 0.329 e. The number of hydrogen-bond acceptors (Lipinski definition) is 10. The SMILES string of the molecule is CC(C)CC1C(=O)N2CC(C)CC2C(=O)NC(C(C)C)C(=O)OC(C(C)C)C(=O)N2NCC(Br)CC2C(=O)N2NCC(O)CC2C(=O)N1C. The summed E-state index contributed by atoms with van der Waals surface area (Å²) in [6, 6.07) is -5.30. The number of alkyl halides is 1. The Morgan fingerprint density at radius 2 is 1.43 bits per heavy atom. The number of rotatable bonds is 4. The number of carbonyl (C=O) groups is 6. The maximum atomic E-state index is 14.4. The van der Waals surface area contributed by atoms with E-state index in [1.807, 2.05) is 20.8 Å². The monoisotopic (exact) mass is 755 g/mol. The van der Waals surface area contributed by atoms with E-state index in [2.05, 4.69) is 32.1 Å². The van der Waals surface area contributed by atoms with Gasteiger partial charge in [0.2, 0.25) is 17.7 Å². The van der Waals surface area contributed by atoms with Crippen LogP contribution in [0.15, 0.2) is 0 Å². The number of ether oxygens (including phenoxy) is 1. The fourth-order valence-corrected chi connectivity index (χ4v) is 7.59. The molecule has 0 aromatic heterocycles. The first-order valence-corrected chi connectivity index (χ1v) is 18.4. The molecule has 4 N–H and O–H groups in total. The van der Waals surface area contributed by atoms with Gasteiger partial charge in [0.05, 0.1) is 6.10 Å². The molecule has 0 bridgehead atoms. The second-order valence-electron chi connectivity index (χ2n) is 15.2. The molecule has 0 radical (unpaired) electrons. The van der Waals surface area contributed by atoms with Crippen LogP contribution in [0, 0.1) is 23.7 Å². The Labute approximate surface area is 297 Å². The van der Waals surface area contributed by atoms with Crippen LogP contribution in [-0.2, 0) is 33.5 Å². The summed E-state index contributed by atoms with van der Waals surface area (Å²) in [6.07, 6.45) is -1.53. The number of fused-ring (bicyclic) bond motifs is 3. The zero-order valence-electron chi connectivity index (χ0n) is 29.8. The number of β-amino-alcohol motifs (C(OH)–C–C–N with tert-alkyl or cyclic N) is 1. The highest BCUT2D eigenvalue weighted by Crippen LogP contribution is 2.29. The van der Waals surface area contributed by atoms with Crippen molar-refractivity contribution in [3.63, 3.8) is 0 Å². The van der Waals surface area contributed by atoms with Gasteiger partial charge in [-0.2, -0.15) is 0 Å². The molecule has 0 aromatic rings. The predicted molar refractivity (Wildman–Crippen MR) is 182 cm³/mol. The van der Waals surface area contributed by atoms with Crippen LogP contribution < -0.4 is 16.2 Å². The molecule has 16 heteroatoms. The molecule has 0 aromatic carbocycles. The summed E-state index contributed by atoms with van der Waals surface area (Å²) in [5.41, 5.74) is 5.91.